The van der Waals surface area contributed by atoms with E-state index >= 15 is 0 Å². The van der Waals surface area contributed by atoms with Crippen molar-refractivity contribution < 1.29 is 43.2 Å². The first kappa shape index (κ1) is 32.9. The number of aliphatic carboxylic acids is 1. The molecule has 0 aliphatic heterocycles. The van der Waals surface area contributed by atoms with Crippen molar-refractivity contribution in [1.82, 2.24) is 0 Å². The number of carbonyl (C=O) groups excluding carboxylic acids is 3. The van der Waals surface area contributed by atoms with Gasteiger partial charge in [-0.1, -0.05) is 26.8 Å². The van der Waals surface area contributed by atoms with Gasteiger partial charge in [-0.15, -0.1) is 0 Å². The van der Waals surface area contributed by atoms with E-state index in [1.54, 1.807) is 33.8 Å². The topological polar surface area (TPSA) is 151 Å². The number of rotatable bonds is 14. The molecule has 1 unspecified atom stereocenters. The van der Waals surface area contributed by atoms with Crippen LogP contribution >= 0.6 is 0 Å². The standard InChI is InChI=1S/C28H43NO9/c1-9-14-35-25(34)36-18(4)16-28(29,22(30)31)17-19-12-13-20(37-23(32)26(5,6)10-2)21(15-19)38-24(33)27(7,8)11-3/h12-13,15,18H,9-11,14,16-17,29H2,1-8H3,(H,30,31)/t18-,28?/m0/s1. The minimum atomic E-state index is -1.82. The Morgan fingerprint density at radius 3 is 1.92 bits per heavy atom. The van der Waals surface area contributed by atoms with Gasteiger partial charge in [0.15, 0.2) is 11.5 Å². The van der Waals surface area contributed by atoms with Crippen molar-refractivity contribution in [3.8, 4) is 11.5 Å². The number of ether oxygens (including phenoxy) is 4. The summed E-state index contributed by atoms with van der Waals surface area (Å²) in [5, 5.41) is 9.91. The molecule has 0 aromatic heterocycles. The highest BCUT2D eigenvalue weighted by Crippen LogP contribution is 2.35. The Labute approximate surface area is 225 Å². The lowest BCUT2D eigenvalue weighted by Crippen LogP contribution is -2.52. The smallest absolute Gasteiger partial charge is 0.480 e. The van der Waals surface area contributed by atoms with Crippen LogP contribution in [0.5, 0.6) is 11.5 Å². The maximum atomic E-state index is 12.8. The molecule has 0 bridgehead atoms. The van der Waals surface area contributed by atoms with Crippen molar-refractivity contribution in [2.45, 2.75) is 99.1 Å². The highest BCUT2D eigenvalue weighted by atomic mass is 16.7. The number of benzene rings is 1. The lowest BCUT2D eigenvalue weighted by molar-refractivity contribution is -0.147. The fourth-order valence-corrected chi connectivity index (χ4v) is 3.13. The van der Waals surface area contributed by atoms with Gasteiger partial charge in [0.25, 0.3) is 0 Å². The van der Waals surface area contributed by atoms with E-state index < -0.39 is 46.5 Å². The number of carboxylic acids is 1. The molecule has 3 N–H and O–H groups in total. The van der Waals surface area contributed by atoms with Crippen LogP contribution in [-0.4, -0.2) is 47.4 Å². The molecule has 1 rings (SSSR count). The lowest BCUT2D eigenvalue weighted by Gasteiger charge is -2.28. The predicted octanol–water partition coefficient (Wildman–Crippen LogP) is 5.04. The van der Waals surface area contributed by atoms with Gasteiger partial charge in [0.1, 0.15) is 11.6 Å². The van der Waals surface area contributed by atoms with E-state index in [0.717, 1.165) is 0 Å². The first-order valence-electron chi connectivity index (χ1n) is 12.9. The Kier molecular flexibility index (Phi) is 11.8. The average molecular weight is 538 g/mol. The molecule has 214 valence electrons. The van der Waals surface area contributed by atoms with E-state index in [0.29, 0.717) is 24.8 Å². The molecule has 0 radical (unpaired) electrons. The van der Waals surface area contributed by atoms with Crippen molar-refractivity contribution in [2.75, 3.05) is 6.61 Å². The van der Waals surface area contributed by atoms with Crippen molar-refractivity contribution in [3.63, 3.8) is 0 Å². The molecular formula is C28H43NO9. The number of hydrogen-bond acceptors (Lipinski definition) is 9. The minimum Gasteiger partial charge on any atom is -0.480 e. The summed E-state index contributed by atoms with van der Waals surface area (Å²) in [6, 6.07) is 4.44. The van der Waals surface area contributed by atoms with Gasteiger partial charge in [0.05, 0.1) is 17.4 Å². The van der Waals surface area contributed by atoms with Gasteiger partial charge >= 0.3 is 24.1 Å². The molecular weight excluding hydrogens is 494 g/mol. The fraction of sp³-hybridized carbons (Fsp3) is 0.643. The molecule has 0 spiro atoms. The third-order valence-corrected chi connectivity index (χ3v) is 6.61. The molecule has 2 atom stereocenters. The fourth-order valence-electron chi connectivity index (χ4n) is 3.13. The molecule has 10 heteroatoms. The molecule has 1 aromatic carbocycles. The van der Waals surface area contributed by atoms with Crippen LogP contribution in [-0.2, 0) is 30.3 Å². The van der Waals surface area contributed by atoms with Crippen LogP contribution in [0.1, 0.15) is 86.6 Å². The van der Waals surface area contributed by atoms with Crippen LogP contribution in [0.4, 0.5) is 4.79 Å². The monoisotopic (exact) mass is 537 g/mol. The normalized spacial score (nSPS) is 14.1. The van der Waals surface area contributed by atoms with Gasteiger partial charge < -0.3 is 29.8 Å². The van der Waals surface area contributed by atoms with E-state index in [1.807, 2.05) is 20.8 Å². The second-order valence-corrected chi connectivity index (χ2v) is 10.9. The summed E-state index contributed by atoms with van der Waals surface area (Å²) in [5.74, 6) is -2.32. The van der Waals surface area contributed by atoms with Gasteiger partial charge in [-0.2, -0.15) is 0 Å². The summed E-state index contributed by atoms with van der Waals surface area (Å²) < 4.78 is 21.2. The van der Waals surface area contributed by atoms with Crippen molar-refractivity contribution >= 4 is 24.1 Å². The quantitative estimate of drug-likeness (QED) is 0.244. The molecule has 0 aliphatic rings. The SMILES string of the molecule is CCCOC(=O)O[C@@H](C)CC(N)(Cc1ccc(OC(=O)C(C)(C)CC)c(OC(=O)C(C)(C)CC)c1)C(=O)O. The number of hydrogen-bond donors (Lipinski definition) is 2. The van der Waals surface area contributed by atoms with Crippen molar-refractivity contribution in [2.24, 2.45) is 16.6 Å². The van der Waals surface area contributed by atoms with E-state index in [-0.39, 0.29) is 30.9 Å². The Bertz CT molecular complexity index is 1000. The molecule has 0 saturated carbocycles. The number of esters is 2. The zero-order chi connectivity index (χ0) is 29.3. The van der Waals surface area contributed by atoms with Crippen LogP contribution < -0.4 is 15.2 Å². The molecule has 0 amide bonds. The van der Waals surface area contributed by atoms with Crippen molar-refractivity contribution in [3.05, 3.63) is 23.8 Å². The van der Waals surface area contributed by atoms with Gasteiger partial charge in [0.2, 0.25) is 0 Å². The van der Waals surface area contributed by atoms with Crippen LogP contribution in [0.3, 0.4) is 0 Å². The molecule has 0 heterocycles. The summed E-state index contributed by atoms with van der Waals surface area (Å²) >= 11 is 0. The van der Waals surface area contributed by atoms with E-state index in [9.17, 15) is 24.3 Å². The lowest BCUT2D eigenvalue weighted by atomic mass is 9.86. The summed E-state index contributed by atoms with van der Waals surface area (Å²) in [6.45, 7) is 14.2. The van der Waals surface area contributed by atoms with Crippen LogP contribution in [0.2, 0.25) is 0 Å². The molecule has 0 saturated heterocycles. The van der Waals surface area contributed by atoms with Gasteiger partial charge in [-0.05, 0) is 71.6 Å². The third kappa shape index (κ3) is 9.31. The van der Waals surface area contributed by atoms with E-state index in [1.165, 1.54) is 19.1 Å². The van der Waals surface area contributed by atoms with Gasteiger partial charge in [-0.25, -0.2) is 4.79 Å². The average Bonchev–Trinajstić information content (AvgIpc) is 2.83. The maximum Gasteiger partial charge on any atom is 0.508 e. The zero-order valence-electron chi connectivity index (χ0n) is 23.8. The molecule has 10 nitrogen and oxygen atoms in total. The van der Waals surface area contributed by atoms with Gasteiger partial charge in [-0.3, -0.25) is 14.4 Å². The molecule has 1 aromatic rings. The number of carboxylic acid groups (broad SMARTS) is 1. The highest BCUT2D eigenvalue weighted by molar-refractivity contribution is 5.82. The zero-order valence-corrected chi connectivity index (χ0v) is 23.8. The van der Waals surface area contributed by atoms with E-state index in [2.05, 4.69) is 0 Å². The second-order valence-electron chi connectivity index (χ2n) is 10.9. The summed E-state index contributed by atoms with van der Waals surface area (Å²) in [4.78, 5) is 49.5. The minimum absolute atomic E-state index is 0.0190. The Morgan fingerprint density at radius 2 is 1.45 bits per heavy atom. The summed E-state index contributed by atoms with van der Waals surface area (Å²) in [5.41, 5.74) is 3.28. The highest BCUT2D eigenvalue weighted by Gasteiger charge is 2.38. The maximum absolute atomic E-state index is 12.8. The Hall–Kier alpha value is -3.14. The Morgan fingerprint density at radius 1 is 0.921 bits per heavy atom. The molecule has 0 fully saturated rings. The summed E-state index contributed by atoms with van der Waals surface area (Å²) in [7, 11) is 0. The Balaban J connectivity index is 3.31. The van der Waals surface area contributed by atoms with E-state index in [4.69, 9.17) is 24.7 Å². The van der Waals surface area contributed by atoms with Crippen LogP contribution in [0.15, 0.2) is 18.2 Å². The first-order chi connectivity index (χ1) is 17.5. The predicted molar refractivity (Wildman–Crippen MR) is 141 cm³/mol. The van der Waals surface area contributed by atoms with Crippen LogP contribution in [0.25, 0.3) is 0 Å². The van der Waals surface area contributed by atoms with Crippen LogP contribution in [0, 0.1) is 10.8 Å². The number of carbonyl (C=O) groups is 4. The summed E-state index contributed by atoms with van der Waals surface area (Å²) in [6.07, 6.45) is -0.488. The number of nitrogens with two attached hydrogens (primary N) is 1. The molecule has 0 aliphatic carbocycles. The largest absolute Gasteiger partial charge is 0.508 e. The van der Waals surface area contributed by atoms with Crippen molar-refractivity contribution in [1.29, 1.82) is 0 Å². The molecule has 38 heavy (non-hydrogen) atoms. The first-order valence-corrected chi connectivity index (χ1v) is 12.9. The van der Waals surface area contributed by atoms with Gasteiger partial charge in [0, 0.05) is 12.8 Å². The third-order valence-electron chi connectivity index (χ3n) is 6.61. The second kappa shape index (κ2) is 13.6.